The number of rotatable bonds is 7. The van der Waals surface area contributed by atoms with Gasteiger partial charge in [-0.3, -0.25) is 9.59 Å². The highest BCUT2D eigenvalue weighted by Crippen LogP contribution is 2.29. The van der Waals surface area contributed by atoms with Crippen LogP contribution in [0, 0.1) is 0 Å². The van der Waals surface area contributed by atoms with Gasteiger partial charge in [0.05, 0.1) is 11.5 Å². The number of amides is 2. The van der Waals surface area contributed by atoms with Gasteiger partial charge < -0.3 is 15.5 Å². The second-order valence-corrected chi connectivity index (χ2v) is 9.10. The predicted octanol–water partition coefficient (Wildman–Crippen LogP) is 5.48. The Balaban J connectivity index is 1.55. The van der Waals surface area contributed by atoms with Crippen LogP contribution in [-0.2, 0) is 4.79 Å². The molecule has 1 aliphatic heterocycles. The molecule has 1 saturated heterocycles. The van der Waals surface area contributed by atoms with Crippen LogP contribution in [-0.4, -0.2) is 30.9 Å². The molecule has 2 aliphatic rings. The fraction of sp³-hybridized carbons (Fsp3) is 0.481. The van der Waals surface area contributed by atoms with Crippen molar-refractivity contribution in [1.29, 1.82) is 0 Å². The molecule has 1 unspecified atom stereocenters. The molecule has 4 rings (SSSR count). The summed E-state index contributed by atoms with van der Waals surface area (Å²) in [5, 5.41) is 6.33. The number of hydrogen-bond donors (Lipinski definition) is 2. The highest BCUT2D eigenvalue weighted by Gasteiger charge is 2.24. The van der Waals surface area contributed by atoms with Crippen LogP contribution >= 0.6 is 0 Å². The summed E-state index contributed by atoms with van der Waals surface area (Å²) in [6.07, 6.45) is 8.74. The topological polar surface area (TPSA) is 61.4 Å². The smallest absolute Gasteiger partial charge is 0.253 e. The Bertz CT molecular complexity index is 916. The highest BCUT2D eigenvalue weighted by molar-refractivity contribution is 6.03. The molecule has 2 N–H and O–H groups in total. The van der Waals surface area contributed by atoms with E-state index < -0.39 is 0 Å². The Labute approximate surface area is 191 Å². The Morgan fingerprint density at radius 2 is 1.69 bits per heavy atom. The zero-order valence-electron chi connectivity index (χ0n) is 19.1. The van der Waals surface area contributed by atoms with Gasteiger partial charge in [-0.1, -0.05) is 56.5 Å². The Kier molecular flexibility index (Phi) is 7.46. The summed E-state index contributed by atoms with van der Waals surface area (Å²) in [6.45, 7) is 3.97. The minimum absolute atomic E-state index is 0.0231. The summed E-state index contributed by atoms with van der Waals surface area (Å²) < 4.78 is 0. The van der Waals surface area contributed by atoms with Gasteiger partial charge >= 0.3 is 0 Å². The van der Waals surface area contributed by atoms with Gasteiger partial charge in [0, 0.05) is 30.5 Å². The monoisotopic (exact) mass is 433 g/mol. The van der Waals surface area contributed by atoms with Crippen molar-refractivity contribution in [3.8, 4) is 0 Å². The molecular weight excluding hydrogens is 398 g/mol. The van der Waals surface area contributed by atoms with Crippen LogP contribution in [0.4, 0.5) is 11.4 Å². The van der Waals surface area contributed by atoms with E-state index in [2.05, 4.69) is 15.5 Å². The van der Waals surface area contributed by atoms with Crippen molar-refractivity contribution in [2.75, 3.05) is 23.3 Å². The van der Waals surface area contributed by atoms with Crippen LogP contribution in [0.1, 0.15) is 80.1 Å². The molecule has 1 aliphatic carbocycles. The summed E-state index contributed by atoms with van der Waals surface area (Å²) in [5.41, 5.74) is 3.34. The first-order chi connectivity index (χ1) is 15.7. The largest absolute Gasteiger partial charge is 0.371 e. The first kappa shape index (κ1) is 22.4. The number of anilines is 2. The van der Waals surface area contributed by atoms with E-state index in [9.17, 15) is 9.59 Å². The van der Waals surface area contributed by atoms with E-state index in [4.69, 9.17) is 0 Å². The summed E-state index contributed by atoms with van der Waals surface area (Å²) in [4.78, 5) is 28.6. The highest BCUT2D eigenvalue weighted by atomic mass is 16.2. The minimum Gasteiger partial charge on any atom is -0.371 e. The van der Waals surface area contributed by atoms with Gasteiger partial charge in [0.25, 0.3) is 5.91 Å². The second kappa shape index (κ2) is 10.7. The fourth-order valence-electron chi connectivity index (χ4n) is 5.03. The van der Waals surface area contributed by atoms with Crippen LogP contribution in [0.3, 0.4) is 0 Å². The Hall–Kier alpha value is -2.82. The normalized spacial score (nSPS) is 17.7. The number of carbonyl (C=O) groups is 2. The number of nitrogens with one attached hydrogen (secondary N) is 2. The lowest BCUT2D eigenvalue weighted by Crippen LogP contribution is -2.37. The molecule has 1 saturated carbocycles. The fourth-order valence-corrected chi connectivity index (χ4v) is 5.03. The van der Waals surface area contributed by atoms with Crippen molar-refractivity contribution in [3.05, 3.63) is 59.7 Å². The van der Waals surface area contributed by atoms with Gasteiger partial charge in [-0.15, -0.1) is 0 Å². The van der Waals surface area contributed by atoms with E-state index in [1.165, 1.54) is 19.3 Å². The van der Waals surface area contributed by atoms with Crippen molar-refractivity contribution in [1.82, 2.24) is 5.32 Å². The molecule has 0 aromatic heterocycles. The van der Waals surface area contributed by atoms with Crippen LogP contribution in [0.25, 0.3) is 0 Å². The molecule has 170 valence electrons. The number of carbonyl (C=O) groups excluding carboxylic acids is 2. The molecule has 2 amide bonds. The van der Waals surface area contributed by atoms with E-state index in [0.29, 0.717) is 11.3 Å². The van der Waals surface area contributed by atoms with Gasteiger partial charge in [0.15, 0.2) is 0 Å². The van der Waals surface area contributed by atoms with Crippen molar-refractivity contribution >= 4 is 23.2 Å². The lowest BCUT2D eigenvalue weighted by molar-refractivity contribution is -0.117. The third kappa shape index (κ3) is 5.32. The molecular formula is C27H35N3O2. The maximum atomic E-state index is 13.3. The lowest BCUT2D eigenvalue weighted by atomic mass is 9.95. The van der Waals surface area contributed by atoms with Crippen LogP contribution in [0.15, 0.2) is 48.5 Å². The molecule has 2 fully saturated rings. The molecule has 1 heterocycles. The lowest BCUT2D eigenvalue weighted by Gasteiger charge is -2.26. The first-order valence-electron chi connectivity index (χ1n) is 12.2. The molecule has 32 heavy (non-hydrogen) atoms. The van der Waals surface area contributed by atoms with Crippen LogP contribution < -0.4 is 15.5 Å². The van der Waals surface area contributed by atoms with E-state index in [1.54, 1.807) is 0 Å². The number of benzene rings is 2. The molecule has 5 heteroatoms. The molecule has 2 aromatic carbocycles. The van der Waals surface area contributed by atoms with Gasteiger partial charge in [0.1, 0.15) is 0 Å². The Morgan fingerprint density at radius 1 is 0.969 bits per heavy atom. The van der Waals surface area contributed by atoms with E-state index in [1.807, 2.05) is 55.5 Å². The SMILES string of the molecule is CCC(C(=O)Nc1ccc(N2CCCC2)c(C(=O)NC2CCCCC2)c1)c1ccccc1. The standard InChI is InChI=1S/C27H35N3O2/c1-2-23(20-11-5-3-6-12-20)26(31)29-22-15-16-25(30-17-9-10-18-30)24(19-22)27(32)28-21-13-7-4-8-14-21/h3,5-6,11-12,15-16,19,21,23H,2,4,7-10,13-14,17-18H2,1H3,(H,28,32)(H,29,31). The predicted molar refractivity (Wildman–Crippen MR) is 130 cm³/mol. The zero-order valence-corrected chi connectivity index (χ0v) is 19.1. The molecule has 5 nitrogen and oxygen atoms in total. The first-order valence-corrected chi connectivity index (χ1v) is 12.2. The van der Waals surface area contributed by atoms with Crippen molar-refractivity contribution in [2.45, 2.75) is 70.3 Å². The molecule has 0 radical (unpaired) electrons. The van der Waals surface area contributed by atoms with Gasteiger partial charge in [-0.05, 0) is 55.9 Å². The van der Waals surface area contributed by atoms with Crippen molar-refractivity contribution in [2.24, 2.45) is 0 Å². The van der Waals surface area contributed by atoms with E-state index in [-0.39, 0.29) is 23.8 Å². The maximum Gasteiger partial charge on any atom is 0.253 e. The molecule has 2 aromatic rings. The summed E-state index contributed by atoms with van der Waals surface area (Å²) in [6, 6.07) is 15.9. The second-order valence-electron chi connectivity index (χ2n) is 9.10. The van der Waals surface area contributed by atoms with Gasteiger partial charge in [0.2, 0.25) is 5.91 Å². The molecule has 0 spiro atoms. The minimum atomic E-state index is -0.214. The van der Waals surface area contributed by atoms with Crippen molar-refractivity contribution in [3.63, 3.8) is 0 Å². The van der Waals surface area contributed by atoms with Crippen LogP contribution in [0.2, 0.25) is 0 Å². The maximum absolute atomic E-state index is 13.3. The van der Waals surface area contributed by atoms with Crippen molar-refractivity contribution < 1.29 is 9.59 Å². The molecule has 0 bridgehead atoms. The van der Waals surface area contributed by atoms with E-state index in [0.717, 1.165) is 56.4 Å². The third-order valence-electron chi connectivity index (χ3n) is 6.82. The number of nitrogens with zero attached hydrogens (tertiary/aromatic N) is 1. The average molecular weight is 434 g/mol. The summed E-state index contributed by atoms with van der Waals surface area (Å²) >= 11 is 0. The quantitative estimate of drug-likeness (QED) is 0.608. The molecule has 1 atom stereocenters. The van der Waals surface area contributed by atoms with Gasteiger partial charge in [-0.2, -0.15) is 0 Å². The zero-order chi connectivity index (χ0) is 22.3. The average Bonchev–Trinajstić information content (AvgIpc) is 3.36. The van der Waals surface area contributed by atoms with E-state index >= 15 is 0 Å². The van der Waals surface area contributed by atoms with Gasteiger partial charge in [-0.25, -0.2) is 0 Å². The summed E-state index contributed by atoms with van der Waals surface area (Å²) in [5.74, 6) is -0.273. The summed E-state index contributed by atoms with van der Waals surface area (Å²) in [7, 11) is 0. The van der Waals surface area contributed by atoms with Crippen LogP contribution in [0.5, 0.6) is 0 Å². The third-order valence-corrected chi connectivity index (χ3v) is 6.82. The Morgan fingerprint density at radius 3 is 2.38 bits per heavy atom. The number of hydrogen-bond acceptors (Lipinski definition) is 3.